The van der Waals surface area contributed by atoms with Crippen molar-refractivity contribution in [3.05, 3.63) is 53.8 Å². The number of halogens is 1. The molecule has 0 radical (unpaired) electrons. The summed E-state index contributed by atoms with van der Waals surface area (Å²) in [6.45, 7) is 4.09. The molecule has 0 bridgehead atoms. The maximum Gasteiger partial charge on any atom is 0.128 e. The van der Waals surface area contributed by atoms with Gasteiger partial charge in [-0.05, 0) is 30.5 Å². The molecule has 2 nitrogen and oxygen atoms in total. The van der Waals surface area contributed by atoms with Gasteiger partial charge in [-0.2, -0.15) is 0 Å². The lowest BCUT2D eigenvalue weighted by molar-refractivity contribution is 0.201. The van der Waals surface area contributed by atoms with Crippen molar-refractivity contribution in [2.75, 3.05) is 0 Å². The Morgan fingerprint density at radius 3 is 2.73 bits per heavy atom. The molecule has 3 heteroatoms. The number of rotatable bonds is 2. The quantitative estimate of drug-likeness (QED) is 0.748. The van der Waals surface area contributed by atoms with Crippen molar-refractivity contribution in [3.63, 3.8) is 0 Å². The van der Waals surface area contributed by atoms with Gasteiger partial charge < -0.3 is 4.74 Å². The maximum atomic E-state index is 14.1. The van der Waals surface area contributed by atoms with Gasteiger partial charge in [0.25, 0.3) is 0 Å². The molecular weight excluding hydrogens is 277 g/mol. The van der Waals surface area contributed by atoms with Gasteiger partial charge in [0, 0.05) is 24.3 Å². The zero-order valence-electron chi connectivity index (χ0n) is 12.9. The summed E-state index contributed by atoms with van der Waals surface area (Å²) in [5.41, 5.74) is 2.80. The largest absolute Gasteiger partial charge is 0.490 e. The van der Waals surface area contributed by atoms with Crippen molar-refractivity contribution >= 4 is 6.21 Å². The van der Waals surface area contributed by atoms with Gasteiger partial charge in [-0.25, -0.2) is 4.39 Å². The van der Waals surface area contributed by atoms with Crippen LogP contribution in [0.2, 0.25) is 0 Å². The number of benzene rings is 2. The third-order valence-corrected chi connectivity index (χ3v) is 4.06. The van der Waals surface area contributed by atoms with Gasteiger partial charge in [0.1, 0.15) is 17.7 Å². The highest BCUT2D eigenvalue weighted by Crippen LogP contribution is 2.39. The van der Waals surface area contributed by atoms with Crippen LogP contribution in [-0.2, 0) is 0 Å². The van der Waals surface area contributed by atoms with Crippen molar-refractivity contribution in [3.8, 4) is 16.9 Å². The summed E-state index contributed by atoms with van der Waals surface area (Å²) in [6, 6.07) is 12.9. The fourth-order valence-corrected chi connectivity index (χ4v) is 2.87. The smallest absolute Gasteiger partial charge is 0.128 e. The molecule has 0 aromatic heterocycles. The first-order valence-electron chi connectivity index (χ1n) is 7.76. The summed E-state index contributed by atoms with van der Waals surface area (Å²) in [5.74, 6) is 0.347. The molecule has 2 aromatic rings. The Bertz CT molecular complexity index is 681. The van der Waals surface area contributed by atoms with Crippen LogP contribution in [0, 0.1) is 5.82 Å². The second kappa shape index (κ2) is 6.30. The standard InChI is InChI=1S/C19H20FNO/c1-3-16-9-10-21-13(2)19-17(14-7-5-4-6-8-14)11-15(20)12-18(19)22-16/h4-8,10-13,16H,3,9H2,1-2H3/b21-10-. The van der Waals surface area contributed by atoms with Crippen molar-refractivity contribution in [1.82, 2.24) is 0 Å². The van der Waals surface area contributed by atoms with E-state index < -0.39 is 0 Å². The fourth-order valence-electron chi connectivity index (χ4n) is 2.87. The average Bonchev–Trinajstić information content (AvgIpc) is 2.52. The third-order valence-electron chi connectivity index (χ3n) is 4.06. The maximum absolute atomic E-state index is 14.1. The Kier molecular flexibility index (Phi) is 4.23. The molecule has 1 heterocycles. The lowest BCUT2D eigenvalue weighted by atomic mass is 9.94. The molecular formula is C19H20FNO. The summed E-state index contributed by atoms with van der Waals surface area (Å²) in [4.78, 5) is 4.61. The fraction of sp³-hybridized carbons (Fsp3) is 0.316. The Morgan fingerprint density at radius 1 is 1.23 bits per heavy atom. The lowest BCUT2D eigenvalue weighted by Crippen LogP contribution is -2.19. The van der Waals surface area contributed by atoms with Gasteiger partial charge >= 0.3 is 0 Å². The number of ether oxygens (including phenoxy) is 1. The van der Waals surface area contributed by atoms with E-state index in [4.69, 9.17) is 4.74 Å². The molecule has 22 heavy (non-hydrogen) atoms. The molecule has 114 valence electrons. The van der Waals surface area contributed by atoms with Crippen molar-refractivity contribution in [1.29, 1.82) is 0 Å². The first-order chi connectivity index (χ1) is 10.7. The summed E-state index contributed by atoms with van der Waals surface area (Å²) in [7, 11) is 0. The van der Waals surface area contributed by atoms with E-state index in [1.54, 1.807) is 6.07 Å². The van der Waals surface area contributed by atoms with Crippen LogP contribution >= 0.6 is 0 Å². The first-order valence-corrected chi connectivity index (χ1v) is 7.76. The van der Waals surface area contributed by atoms with E-state index in [0.717, 1.165) is 29.5 Å². The van der Waals surface area contributed by atoms with Gasteiger partial charge in [-0.1, -0.05) is 37.3 Å². The van der Waals surface area contributed by atoms with Crippen molar-refractivity contribution in [2.24, 2.45) is 4.99 Å². The molecule has 0 fully saturated rings. The Hall–Kier alpha value is -2.16. The van der Waals surface area contributed by atoms with Gasteiger partial charge in [-0.15, -0.1) is 0 Å². The zero-order valence-corrected chi connectivity index (χ0v) is 12.9. The summed E-state index contributed by atoms with van der Waals surface area (Å²) in [6.07, 6.45) is 3.61. The molecule has 2 unspecified atom stereocenters. The molecule has 0 amide bonds. The molecule has 0 saturated carbocycles. The molecule has 3 rings (SSSR count). The predicted molar refractivity (Wildman–Crippen MR) is 88.1 cm³/mol. The highest BCUT2D eigenvalue weighted by molar-refractivity contribution is 5.72. The van der Waals surface area contributed by atoms with Crippen LogP contribution < -0.4 is 4.74 Å². The van der Waals surface area contributed by atoms with Crippen LogP contribution in [0.5, 0.6) is 5.75 Å². The van der Waals surface area contributed by atoms with E-state index in [-0.39, 0.29) is 18.0 Å². The Labute approximate surface area is 130 Å². The molecule has 0 aliphatic carbocycles. The SMILES string of the molecule is CCC1C/C=N\C(C)c2c(cc(F)cc2-c2ccccc2)O1. The molecule has 0 saturated heterocycles. The minimum atomic E-state index is -0.274. The highest BCUT2D eigenvalue weighted by Gasteiger charge is 2.22. The first kappa shape index (κ1) is 14.8. The van der Waals surface area contributed by atoms with E-state index in [0.29, 0.717) is 5.75 Å². The van der Waals surface area contributed by atoms with Crippen molar-refractivity contribution in [2.45, 2.75) is 38.8 Å². The second-order valence-electron chi connectivity index (χ2n) is 5.62. The number of hydrogen-bond acceptors (Lipinski definition) is 2. The minimum absolute atomic E-state index is 0.0421. The Morgan fingerprint density at radius 2 is 2.00 bits per heavy atom. The number of nitrogens with zero attached hydrogens (tertiary/aromatic N) is 1. The van der Waals surface area contributed by atoms with Crippen LogP contribution in [-0.4, -0.2) is 12.3 Å². The van der Waals surface area contributed by atoms with Gasteiger partial charge in [-0.3, -0.25) is 4.99 Å². The average molecular weight is 297 g/mol. The van der Waals surface area contributed by atoms with Crippen LogP contribution in [0.25, 0.3) is 11.1 Å². The lowest BCUT2D eigenvalue weighted by Gasteiger charge is -2.25. The van der Waals surface area contributed by atoms with E-state index in [2.05, 4.69) is 11.9 Å². The van der Waals surface area contributed by atoms with Gasteiger partial charge in [0.15, 0.2) is 0 Å². The summed E-state index contributed by atoms with van der Waals surface area (Å²) >= 11 is 0. The van der Waals surface area contributed by atoms with E-state index in [1.165, 1.54) is 6.07 Å². The van der Waals surface area contributed by atoms with Crippen molar-refractivity contribution < 1.29 is 9.13 Å². The normalized spacial score (nSPS) is 22.1. The molecule has 1 aliphatic heterocycles. The van der Waals surface area contributed by atoms with Gasteiger partial charge in [0.2, 0.25) is 0 Å². The molecule has 1 aliphatic rings. The molecule has 2 aromatic carbocycles. The molecule has 0 N–H and O–H groups in total. The minimum Gasteiger partial charge on any atom is -0.490 e. The van der Waals surface area contributed by atoms with E-state index in [1.807, 2.05) is 43.5 Å². The molecule has 0 spiro atoms. The van der Waals surface area contributed by atoms with Crippen LogP contribution in [0.1, 0.15) is 38.3 Å². The topological polar surface area (TPSA) is 21.6 Å². The zero-order chi connectivity index (χ0) is 15.5. The second-order valence-corrected chi connectivity index (χ2v) is 5.62. The monoisotopic (exact) mass is 297 g/mol. The number of hydrogen-bond donors (Lipinski definition) is 0. The summed E-state index contributed by atoms with van der Waals surface area (Å²) < 4.78 is 20.2. The van der Waals surface area contributed by atoms with E-state index in [9.17, 15) is 4.39 Å². The van der Waals surface area contributed by atoms with Crippen LogP contribution in [0.4, 0.5) is 4.39 Å². The third kappa shape index (κ3) is 2.89. The van der Waals surface area contributed by atoms with Crippen LogP contribution in [0.15, 0.2) is 47.5 Å². The Balaban J connectivity index is 2.19. The number of fused-ring (bicyclic) bond motifs is 1. The highest BCUT2D eigenvalue weighted by atomic mass is 19.1. The number of aliphatic imine (C=N–C) groups is 1. The van der Waals surface area contributed by atoms with E-state index >= 15 is 0 Å². The summed E-state index contributed by atoms with van der Waals surface area (Å²) in [5, 5.41) is 0. The van der Waals surface area contributed by atoms with Crippen LogP contribution in [0.3, 0.4) is 0 Å². The predicted octanol–water partition coefficient (Wildman–Crippen LogP) is 5.19. The van der Waals surface area contributed by atoms with Gasteiger partial charge in [0.05, 0.1) is 6.04 Å². The molecule has 2 atom stereocenters.